The van der Waals surface area contributed by atoms with Gasteiger partial charge in [-0.2, -0.15) is 4.31 Å². The van der Waals surface area contributed by atoms with Gasteiger partial charge in [-0.25, -0.2) is 8.42 Å². The lowest BCUT2D eigenvalue weighted by Gasteiger charge is -2.18. The number of nitrogens with one attached hydrogen (secondary N) is 2. The molecular weight excluding hydrogens is 394 g/mol. The van der Waals surface area contributed by atoms with Gasteiger partial charge in [-0.1, -0.05) is 44.2 Å². The van der Waals surface area contributed by atoms with Crippen molar-refractivity contribution in [2.45, 2.75) is 18.7 Å². The van der Waals surface area contributed by atoms with Gasteiger partial charge >= 0.3 is 0 Å². The normalized spacial score (nSPS) is 11.5. The second kappa shape index (κ2) is 10.1. The standard InChI is InChI=1S/C20H23N3O3S2/c1-3-23(4-2)28(25,26)18-13-11-17(12-14-18)21-20(27)22-19(24)15-10-16-8-6-5-7-9-16/h5-15H,3-4H2,1-2H3,(H2,21,22,24,27)/b15-10+. The minimum Gasteiger partial charge on any atom is -0.332 e. The summed E-state index contributed by atoms with van der Waals surface area (Å²) >= 11 is 5.13. The molecule has 0 aliphatic carbocycles. The van der Waals surface area contributed by atoms with E-state index >= 15 is 0 Å². The van der Waals surface area contributed by atoms with Gasteiger partial charge in [-0.3, -0.25) is 10.1 Å². The quantitative estimate of drug-likeness (QED) is 0.534. The Morgan fingerprint density at radius 2 is 1.64 bits per heavy atom. The van der Waals surface area contributed by atoms with Gasteiger partial charge in [0.2, 0.25) is 15.9 Å². The molecule has 0 heterocycles. The van der Waals surface area contributed by atoms with Gasteiger partial charge in [0.05, 0.1) is 4.90 Å². The van der Waals surface area contributed by atoms with E-state index in [0.29, 0.717) is 18.8 Å². The summed E-state index contributed by atoms with van der Waals surface area (Å²) in [6.07, 6.45) is 3.08. The predicted octanol–water partition coefficient (Wildman–Crippen LogP) is 3.24. The summed E-state index contributed by atoms with van der Waals surface area (Å²) in [6.45, 7) is 4.41. The Labute approximate surface area is 171 Å². The summed E-state index contributed by atoms with van der Waals surface area (Å²) in [7, 11) is -3.51. The summed E-state index contributed by atoms with van der Waals surface area (Å²) in [6, 6.07) is 15.7. The van der Waals surface area contributed by atoms with Crippen LogP contribution in [-0.4, -0.2) is 36.8 Å². The first kappa shape index (κ1) is 21.7. The molecule has 0 unspecified atom stereocenters. The average Bonchev–Trinajstić information content (AvgIpc) is 2.68. The maximum atomic E-state index is 12.5. The Kier molecular flexibility index (Phi) is 7.86. The molecule has 1 amide bonds. The minimum atomic E-state index is -3.51. The van der Waals surface area contributed by atoms with Gasteiger partial charge in [0.15, 0.2) is 5.11 Å². The number of hydrogen-bond acceptors (Lipinski definition) is 4. The molecule has 0 aromatic heterocycles. The zero-order chi connectivity index (χ0) is 20.6. The predicted molar refractivity (Wildman–Crippen MR) is 116 cm³/mol. The van der Waals surface area contributed by atoms with Crippen molar-refractivity contribution in [3.05, 3.63) is 66.2 Å². The number of nitrogens with zero attached hydrogens (tertiary/aromatic N) is 1. The highest BCUT2D eigenvalue weighted by Crippen LogP contribution is 2.18. The number of hydrogen-bond donors (Lipinski definition) is 2. The average molecular weight is 418 g/mol. The van der Waals surface area contributed by atoms with E-state index in [0.717, 1.165) is 5.56 Å². The lowest BCUT2D eigenvalue weighted by atomic mass is 10.2. The number of amides is 1. The monoisotopic (exact) mass is 417 g/mol. The number of sulfonamides is 1. The highest BCUT2D eigenvalue weighted by atomic mass is 32.2. The molecule has 0 radical (unpaired) electrons. The van der Waals surface area contributed by atoms with E-state index in [1.807, 2.05) is 30.3 Å². The molecule has 28 heavy (non-hydrogen) atoms. The molecule has 0 aliphatic heterocycles. The Hall–Kier alpha value is -2.55. The SMILES string of the molecule is CCN(CC)S(=O)(=O)c1ccc(NC(=S)NC(=O)/C=C/c2ccccc2)cc1. The van der Waals surface area contributed by atoms with Gasteiger partial charge in [0, 0.05) is 24.9 Å². The van der Waals surface area contributed by atoms with Crippen LogP contribution in [0, 0.1) is 0 Å². The van der Waals surface area contributed by atoms with Crippen LogP contribution in [0.3, 0.4) is 0 Å². The Balaban J connectivity index is 1.95. The van der Waals surface area contributed by atoms with Crippen LogP contribution in [-0.2, 0) is 14.8 Å². The molecule has 2 aromatic rings. The van der Waals surface area contributed by atoms with Crippen LogP contribution >= 0.6 is 12.2 Å². The van der Waals surface area contributed by atoms with Crippen LogP contribution in [0.5, 0.6) is 0 Å². The first-order chi connectivity index (χ1) is 13.4. The molecule has 0 atom stereocenters. The molecule has 148 valence electrons. The Morgan fingerprint density at radius 3 is 2.21 bits per heavy atom. The zero-order valence-corrected chi connectivity index (χ0v) is 17.4. The maximum absolute atomic E-state index is 12.5. The third-order valence-corrected chi connectivity index (χ3v) is 6.19. The molecule has 0 fully saturated rings. The van der Waals surface area contributed by atoms with E-state index < -0.39 is 10.0 Å². The van der Waals surface area contributed by atoms with Crippen LogP contribution in [0.4, 0.5) is 5.69 Å². The van der Waals surface area contributed by atoms with Crippen molar-refractivity contribution in [1.82, 2.24) is 9.62 Å². The second-order valence-corrected chi connectivity index (χ2v) is 8.15. The van der Waals surface area contributed by atoms with Crippen molar-refractivity contribution < 1.29 is 13.2 Å². The molecule has 0 saturated carbocycles. The molecule has 2 N–H and O–H groups in total. The van der Waals surface area contributed by atoms with Crippen molar-refractivity contribution in [3.63, 3.8) is 0 Å². The van der Waals surface area contributed by atoms with E-state index in [1.54, 1.807) is 32.1 Å². The maximum Gasteiger partial charge on any atom is 0.250 e. The van der Waals surface area contributed by atoms with E-state index in [1.165, 1.54) is 22.5 Å². The van der Waals surface area contributed by atoms with Gasteiger partial charge < -0.3 is 5.32 Å². The number of anilines is 1. The fraction of sp³-hybridized carbons (Fsp3) is 0.200. The first-order valence-electron chi connectivity index (χ1n) is 8.82. The molecule has 0 spiro atoms. The van der Waals surface area contributed by atoms with Gasteiger partial charge in [0.25, 0.3) is 0 Å². The van der Waals surface area contributed by atoms with Gasteiger partial charge in [0.1, 0.15) is 0 Å². The highest BCUT2D eigenvalue weighted by Gasteiger charge is 2.21. The summed E-state index contributed by atoms with van der Waals surface area (Å²) in [5.41, 5.74) is 1.48. The van der Waals surface area contributed by atoms with E-state index in [-0.39, 0.29) is 15.9 Å². The van der Waals surface area contributed by atoms with Crippen LogP contribution in [0.2, 0.25) is 0 Å². The fourth-order valence-corrected chi connectivity index (χ4v) is 4.15. The summed E-state index contributed by atoms with van der Waals surface area (Å²) < 4.78 is 26.3. The summed E-state index contributed by atoms with van der Waals surface area (Å²) in [5.74, 6) is -0.359. The summed E-state index contributed by atoms with van der Waals surface area (Å²) in [4.78, 5) is 12.1. The third kappa shape index (κ3) is 5.98. The first-order valence-corrected chi connectivity index (χ1v) is 10.7. The topological polar surface area (TPSA) is 78.5 Å². The molecule has 0 saturated heterocycles. The van der Waals surface area contributed by atoms with E-state index in [4.69, 9.17) is 12.2 Å². The van der Waals surface area contributed by atoms with Crippen molar-refractivity contribution in [2.75, 3.05) is 18.4 Å². The van der Waals surface area contributed by atoms with Crippen molar-refractivity contribution in [1.29, 1.82) is 0 Å². The van der Waals surface area contributed by atoms with Crippen molar-refractivity contribution in [2.24, 2.45) is 0 Å². The number of carbonyl (C=O) groups is 1. The third-order valence-electron chi connectivity index (χ3n) is 3.92. The lowest BCUT2D eigenvalue weighted by Crippen LogP contribution is -2.33. The fourth-order valence-electron chi connectivity index (χ4n) is 2.47. The molecule has 0 aliphatic rings. The number of benzene rings is 2. The number of rotatable bonds is 7. The van der Waals surface area contributed by atoms with E-state index in [9.17, 15) is 13.2 Å². The van der Waals surface area contributed by atoms with Gasteiger partial charge in [-0.05, 0) is 48.1 Å². The molecule has 2 rings (SSSR count). The lowest BCUT2D eigenvalue weighted by molar-refractivity contribution is -0.115. The van der Waals surface area contributed by atoms with E-state index in [2.05, 4.69) is 10.6 Å². The number of carbonyl (C=O) groups excluding carboxylic acids is 1. The van der Waals surface area contributed by atoms with Crippen LogP contribution in [0.15, 0.2) is 65.6 Å². The summed E-state index contributed by atoms with van der Waals surface area (Å²) in [5, 5.41) is 5.54. The highest BCUT2D eigenvalue weighted by molar-refractivity contribution is 7.89. The largest absolute Gasteiger partial charge is 0.332 e. The molecular formula is C20H23N3O3S2. The smallest absolute Gasteiger partial charge is 0.250 e. The van der Waals surface area contributed by atoms with Crippen molar-refractivity contribution >= 4 is 45.0 Å². The van der Waals surface area contributed by atoms with Gasteiger partial charge in [-0.15, -0.1) is 0 Å². The molecule has 0 bridgehead atoms. The molecule has 6 nitrogen and oxygen atoms in total. The van der Waals surface area contributed by atoms with Crippen molar-refractivity contribution in [3.8, 4) is 0 Å². The Bertz CT molecular complexity index is 936. The van der Waals surface area contributed by atoms with Crippen LogP contribution in [0.25, 0.3) is 6.08 Å². The second-order valence-electron chi connectivity index (χ2n) is 5.80. The van der Waals surface area contributed by atoms with Crippen LogP contribution < -0.4 is 10.6 Å². The zero-order valence-electron chi connectivity index (χ0n) is 15.8. The molecule has 2 aromatic carbocycles. The minimum absolute atomic E-state index is 0.127. The Morgan fingerprint density at radius 1 is 1.04 bits per heavy atom. The molecule has 8 heteroatoms. The van der Waals surface area contributed by atoms with Crippen LogP contribution in [0.1, 0.15) is 19.4 Å². The number of thiocarbonyl (C=S) groups is 1.